The third kappa shape index (κ3) is 4.98. The molecule has 0 atom stereocenters. The van der Waals surface area contributed by atoms with E-state index in [0.717, 1.165) is 12.8 Å². The molecule has 0 aromatic carbocycles. The molecule has 1 heterocycles. The van der Waals surface area contributed by atoms with Gasteiger partial charge >= 0.3 is 5.97 Å². The monoisotopic (exact) mass is 271 g/mol. The van der Waals surface area contributed by atoms with Crippen molar-refractivity contribution in [2.75, 3.05) is 6.61 Å². The molecule has 0 aromatic rings. The number of nitrogens with zero attached hydrogens (tertiary/aromatic N) is 1. The van der Waals surface area contributed by atoms with Crippen LogP contribution in [0.15, 0.2) is 0 Å². The van der Waals surface area contributed by atoms with Crippen LogP contribution in [0.5, 0.6) is 0 Å². The molecule has 2 amide bonds. The van der Waals surface area contributed by atoms with Crippen LogP contribution in [0, 0.1) is 0 Å². The van der Waals surface area contributed by atoms with Gasteiger partial charge < -0.3 is 9.57 Å². The lowest BCUT2D eigenvalue weighted by Gasteiger charge is -2.14. The number of ether oxygens (including phenoxy) is 1. The molecular weight excluding hydrogens is 250 g/mol. The van der Waals surface area contributed by atoms with Gasteiger partial charge in [-0.2, -0.15) is 0 Å². The highest BCUT2D eigenvalue weighted by Gasteiger charge is 2.32. The Balaban J connectivity index is 2.18. The van der Waals surface area contributed by atoms with Crippen molar-refractivity contribution in [3.8, 4) is 0 Å². The number of imide groups is 1. The molecule has 6 nitrogen and oxygen atoms in total. The van der Waals surface area contributed by atoms with Crippen LogP contribution in [0.4, 0.5) is 0 Å². The van der Waals surface area contributed by atoms with Gasteiger partial charge in [-0.1, -0.05) is 13.8 Å². The Morgan fingerprint density at radius 1 is 1.21 bits per heavy atom. The molecular formula is C13H21NO5. The Labute approximate surface area is 113 Å². The van der Waals surface area contributed by atoms with Gasteiger partial charge in [0.05, 0.1) is 12.5 Å². The Bertz CT molecular complexity index is 322. The molecule has 0 bridgehead atoms. The SMILES string of the molecule is CCC(CC)OCCCC(=O)ON1C(=O)CCC1=O. The maximum absolute atomic E-state index is 11.5. The van der Waals surface area contributed by atoms with E-state index < -0.39 is 17.8 Å². The third-order valence-corrected chi connectivity index (χ3v) is 2.99. The van der Waals surface area contributed by atoms with Crippen molar-refractivity contribution in [2.24, 2.45) is 0 Å². The molecule has 108 valence electrons. The summed E-state index contributed by atoms with van der Waals surface area (Å²) in [5, 5.41) is 0.573. The zero-order valence-electron chi connectivity index (χ0n) is 11.5. The first-order valence-electron chi connectivity index (χ1n) is 6.76. The fourth-order valence-electron chi connectivity index (χ4n) is 1.80. The summed E-state index contributed by atoms with van der Waals surface area (Å²) >= 11 is 0. The van der Waals surface area contributed by atoms with Crippen LogP contribution >= 0.6 is 0 Å². The van der Waals surface area contributed by atoms with Crippen molar-refractivity contribution in [2.45, 2.75) is 58.5 Å². The second-order valence-electron chi connectivity index (χ2n) is 4.46. The lowest BCUT2D eigenvalue weighted by atomic mass is 10.2. The maximum Gasteiger partial charge on any atom is 0.333 e. The van der Waals surface area contributed by atoms with Crippen molar-refractivity contribution in [3.63, 3.8) is 0 Å². The zero-order chi connectivity index (χ0) is 14.3. The molecule has 0 spiro atoms. The molecule has 0 N–H and O–H groups in total. The molecule has 0 radical (unpaired) electrons. The van der Waals surface area contributed by atoms with Crippen LogP contribution in [0.2, 0.25) is 0 Å². The van der Waals surface area contributed by atoms with E-state index in [-0.39, 0.29) is 25.4 Å². The van der Waals surface area contributed by atoms with Crippen molar-refractivity contribution >= 4 is 17.8 Å². The Morgan fingerprint density at radius 2 is 1.79 bits per heavy atom. The van der Waals surface area contributed by atoms with Crippen LogP contribution in [0.1, 0.15) is 52.4 Å². The van der Waals surface area contributed by atoms with Gasteiger partial charge in [-0.3, -0.25) is 9.59 Å². The van der Waals surface area contributed by atoms with E-state index in [9.17, 15) is 14.4 Å². The highest BCUT2D eigenvalue weighted by molar-refractivity contribution is 6.01. The smallest absolute Gasteiger partial charge is 0.333 e. The van der Waals surface area contributed by atoms with E-state index in [0.29, 0.717) is 18.1 Å². The molecule has 0 aromatic heterocycles. The molecule has 1 aliphatic rings. The first-order chi connectivity index (χ1) is 9.08. The predicted octanol–water partition coefficient (Wildman–Crippen LogP) is 1.58. The standard InChI is InChI=1S/C13H21NO5/c1-3-10(4-2)18-9-5-6-13(17)19-14-11(15)7-8-12(14)16/h10H,3-9H2,1-2H3. The Hall–Kier alpha value is -1.43. The lowest BCUT2D eigenvalue weighted by Crippen LogP contribution is -2.32. The molecule has 0 aliphatic carbocycles. The summed E-state index contributed by atoms with van der Waals surface area (Å²) in [5.41, 5.74) is 0. The number of carbonyl (C=O) groups is 3. The fraction of sp³-hybridized carbons (Fsp3) is 0.769. The first kappa shape index (κ1) is 15.6. The average molecular weight is 271 g/mol. The number of hydroxylamine groups is 2. The van der Waals surface area contributed by atoms with Gasteiger partial charge in [0, 0.05) is 19.4 Å². The Morgan fingerprint density at radius 3 is 2.32 bits per heavy atom. The second-order valence-corrected chi connectivity index (χ2v) is 4.46. The molecule has 19 heavy (non-hydrogen) atoms. The quantitative estimate of drug-likeness (QED) is 0.495. The summed E-state index contributed by atoms with van der Waals surface area (Å²) in [4.78, 5) is 38.6. The van der Waals surface area contributed by atoms with Gasteiger partial charge in [0.15, 0.2) is 0 Å². The highest BCUT2D eigenvalue weighted by atomic mass is 16.7. The number of carbonyl (C=O) groups excluding carboxylic acids is 3. The summed E-state index contributed by atoms with van der Waals surface area (Å²) in [5.74, 6) is -1.48. The van der Waals surface area contributed by atoms with Crippen LogP contribution in [0.3, 0.4) is 0 Å². The molecule has 1 rings (SSSR count). The van der Waals surface area contributed by atoms with Gasteiger partial charge in [-0.15, -0.1) is 5.06 Å². The summed E-state index contributed by atoms with van der Waals surface area (Å²) in [6.07, 6.45) is 2.99. The molecule has 6 heteroatoms. The minimum absolute atomic E-state index is 0.115. The van der Waals surface area contributed by atoms with E-state index in [1.54, 1.807) is 0 Å². The number of rotatable bonds is 8. The molecule has 1 saturated heterocycles. The van der Waals surface area contributed by atoms with Crippen LogP contribution in [-0.2, 0) is 24.0 Å². The van der Waals surface area contributed by atoms with Crippen LogP contribution < -0.4 is 0 Å². The minimum Gasteiger partial charge on any atom is -0.378 e. The highest BCUT2D eigenvalue weighted by Crippen LogP contribution is 2.13. The van der Waals surface area contributed by atoms with Gasteiger partial charge in [0.2, 0.25) is 0 Å². The van der Waals surface area contributed by atoms with Gasteiger partial charge in [-0.05, 0) is 19.3 Å². The number of hydrogen-bond donors (Lipinski definition) is 0. The maximum atomic E-state index is 11.5. The summed E-state index contributed by atoms with van der Waals surface area (Å²) < 4.78 is 5.55. The minimum atomic E-state index is -0.572. The van der Waals surface area contributed by atoms with Gasteiger partial charge in [0.1, 0.15) is 0 Å². The van der Waals surface area contributed by atoms with Crippen molar-refractivity contribution in [1.82, 2.24) is 5.06 Å². The van der Waals surface area contributed by atoms with E-state index in [2.05, 4.69) is 0 Å². The summed E-state index contributed by atoms with van der Waals surface area (Å²) in [6.45, 7) is 4.57. The van der Waals surface area contributed by atoms with Crippen molar-refractivity contribution in [1.29, 1.82) is 0 Å². The fourth-order valence-corrected chi connectivity index (χ4v) is 1.80. The van der Waals surface area contributed by atoms with E-state index >= 15 is 0 Å². The first-order valence-corrected chi connectivity index (χ1v) is 6.76. The molecule has 0 unspecified atom stereocenters. The second kappa shape index (κ2) is 7.89. The Kier molecular flexibility index (Phi) is 6.49. The number of hydrogen-bond acceptors (Lipinski definition) is 5. The molecule has 0 saturated carbocycles. The van der Waals surface area contributed by atoms with Crippen molar-refractivity contribution < 1.29 is 24.0 Å². The summed E-state index contributed by atoms with van der Waals surface area (Å²) in [6, 6.07) is 0. The van der Waals surface area contributed by atoms with Crippen LogP contribution in [-0.4, -0.2) is 35.6 Å². The third-order valence-electron chi connectivity index (χ3n) is 2.99. The predicted molar refractivity (Wildman–Crippen MR) is 66.7 cm³/mol. The van der Waals surface area contributed by atoms with E-state index in [1.807, 2.05) is 13.8 Å². The molecule has 1 aliphatic heterocycles. The van der Waals surface area contributed by atoms with Gasteiger partial charge in [-0.25, -0.2) is 4.79 Å². The van der Waals surface area contributed by atoms with E-state index in [1.165, 1.54) is 0 Å². The zero-order valence-corrected chi connectivity index (χ0v) is 11.5. The van der Waals surface area contributed by atoms with E-state index in [4.69, 9.17) is 9.57 Å². The normalized spacial score (nSPS) is 15.4. The largest absolute Gasteiger partial charge is 0.378 e. The molecule has 1 fully saturated rings. The van der Waals surface area contributed by atoms with Crippen LogP contribution in [0.25, 0.3) is 0 Å². The number of amides is 2. The topological polar surface area (TPSA) is 72.9 Å². The van der Waals surface area contributed by atoms with Crippen molar-refractivity contribution in [3.05, 3.63) is 0 Å². The summed E-state index contributed by atoms with van der Waals surface area (Å²) in [7, 11) is 0. The van der Waals surface area contributed by atoms with Gasteiger partial charge in [0.25, 0.3) is 11.8 Å². The average Bonchev–Trinajstić information content (AvgIpc) is 2.71. The lowest BCUT2D eigenvalue weighted by molar-refractivity contribution is -0.197.